The highest BCUT2D eigenvalue weighted by Crippen LogP contribution is 2.25. The Balaban J connectivity index is 2.12. The van der Waals surface area contributed by atoms with Crippen molar-refractivity contribution in [1.29, 1.82) is 0 Å². The Hall–Kier alpha value is -0.650. The molecule has 5 heteroatoms. The third-order valence-corrected chi connectivity index (χ3v) is 3.08. The molecule has 100 valence electrons. The molecule has 1 saturated carbocycles. The number of hydrogen-bond acceptors (Lipinski definition) is 4. The summed E-state index contributed by atoms with van der Waals surface area (Å²) in [5.41, 5.74) is 5.73. The van der Waals surface area contributed by atoms with Gasteiger partial charge in [-0.05, 0) is 32.7 Å². The molecule has 1 fully saturated rings. The van der Waals surface area contributed by atoms with Gasteiger partial charge in [0.2, 0.25) is 5.91 Å². The zero-order chi connectivity index (χ0) is 12.8. The number of amides is 1. The van der Waals surface area contributed by atoms with Gasteiger partial charge in [-0.2, -0.15) is 0 Å². The standard InChI is InChI=1S/C12H25N3O2/c1-9(8-17-3)14-12(16)7-15(2)6-10-4-11(13)5-10/h9-11H,4-8,13H2,1-3H3,(H,14,16). The van der Waals surface area contributed by atoms with E-state index in [0.29, 0.717) is 25.1 Å². The van der Waals surface area contributed by atoms with E-state index in [2.05, 4.69) is 10.2 Å². The summed E-state index contributed by atoms with van der Waals surface area (Å²) >= 11 is 0. The SMILES string of the molecule is COCC(C)NC(=O)CN(C)CC1CC(N)C1. The van der Waals surface area contributed by atoms with Gasteiger partial charge in [-0.3, -0.25) is 9.69 Å². The summed E-state index contributed by atoms with van der Waals surface area (Å²) in [6.45, 7) is 3.89. The van der Waals surface area contributed by atoms with Crippen LogP contribution in [0.4, 0.5) is 0 Å². The molecule has 0 saturated heterocycles. The number of nitrogens with two attached hydrogens (primary N) is 1. The molecule has 17 heavy (non-hydrogen) atoms. The Bertz CT molecular complexity index is 242. The number of methoxy groups -OCH3 is 1. The monoisotopic (exact) mass is 243 g/mol. The minimum Gasteiger partial charge on any atom is -0.383 e. The maximum Gasteiger partial charge on any atom is 0.234 e. The van der Waals surface area contributed by atoms with Gasteiger partial charge in [-0.1, -0.05) is 0 Å². The normalized spacial score (nSPS) is 25.5. The van der Waals surface area contributed by atoms with Gasteiger partial charge in [0, 0.05) is 25.7 Å². The number of ether oxygens (including phenoxy) is 1. The molecule has 1 aliphatic carbocycles. The van der Waals surface area contributed by atoms with Crippen LogP contribution in [-0.4, -0.2) is 56.7 Å². The fraction of sp³-hybridized carbons (Fsp3) is 0.917. The van der Waals surface area contributed by atoms with Crippen molar-refractivity contribution >= 4 is 5.91 Å². The molecule has 1 atom stereocenters. The van der Waals surface area contributed by atoms with Crippen molar-refractivity contribution in [1.82, 2.24) is 10.2 Å². The van der Waals surface area contributed by atoms with Gasteiger partial charge in [0.15, 0.2) is 0 Å². The van der Waals surface area contributed by atoms with Crippen LogP contribution in [0.3, 0.4) is 0 Å². The first-order valence-corrected chi connectivity index (χ1v) is 6.23. The fourth-order valence-electron chi connectivity index (χ4n) is 2.30. The molecule has 0 radical (unpaired) electrons. The second-order valence-corrected chi connectivity index (χ2v) is 5.22. The average Bonchev–Trinajstić information content (AvgIpc) is 2.14. The molecule has 1 unspecified atom stereocenters. The van der Waals surface area contributed by atoms with Gasteiger partial charge >= 0.3 is 0 Å². The molecule has 3 N–H and O–H groups in total. The van der Waals surface area contributed by atoms with E-state index < -0.39 is 0 Å². The lowest BCUT2D eigenvalue weighted by Crippen LogP contribution is -2.45. The average molecular weight is 243 g/mol. The van der Waals surface area contributed by atoms with Crippen molar-refractivity contribution in [3.05, 3.63) is 0 Å². The maximum absolute atomic E-state index is 11.7. The highest BCUT2D eigenvalue weighted by Gasteiger charge is 2.27. The first-order valence-electron chi connectivity index (χ1n) is 6.23. The second-order valence-electron chi connectivity index (χ2n) is 5.22. The maximum atomic E-state index is 11.7. The van der Waals surface area contributed by atoms with Crippen LogP contribution >= 0.6 is 0 Å². The Morgan fingerprint density at radius 2 is 2.24 bits per heavy atom. The molecule has 1 aliphatic rings. The Labute approximate surface area is 104 Å². The fourth-order valence-corrected chi connectivity index (χ4v) is 2.30. The van der Waals surface area contributed by atoms with Crippen molar-refractivity contribution < 1.29 is 9.53 Å². The number of rotatable bonds is 7. The molecule has 0 heterocycles. The first kappa shape index (κ1) is 14.4. The van der Waals surface area contributed by atoms with E-state index in [9.17, 15) is 4.79 Å². The lowest BCUT2D eigenvalue weighted by molar-refractivity contribution is -0.123. The van der Waals surface area contributed by atoms with Crippen LogP contribution in [0.15, 0.2) is 0 Å². The van der Waals surface area contributed by atoms with Crippen LogP contribution in [0.5, 0.6) is 0 Å². The second kappa shape index (κ2) is 6.93. The topological polar surface area (TPSA) is 67.6 Å². The molecule has 1 amide bonds. The van der Waals surface area contributed by atoms with Crippen LogP contribution in [0.2, 0.25) is 0 Å². The van der Waals surface area contributed by atoms with Gasteiger partial charge in [-0.25, -0.2) is 0 Å². The van der Waals surface area contributed by atoms with Crippen LogP contribution in [-0.2, 0) is 9.53 Å². The first-order chi connectivity index (χ1) is 8.01. The van der Waals surface area contributed by atoms with E-state index in [1.165, 1.54) is 0 Å². The number of carbonyl (C=O) groups is 1. The van der Waals surface area contributed by atoms with Crippen molar-refractivity contribution in [3.63, 3.8) is 0 Å². The van der Waals surface area contributed by atoms with Crippen LogP contribution in [0, 0.1) is 5.92 Å². The molecule has 1 rings (SSSR count). The van der Waals surface area contributed by atoms with Crippen LogP contribution in [0.25, 0.3) is 0 Å². The highest BCUT2D eigenvalue weighted by molar-refractivity contribution is 5.78. The molecule has 0 bridgehead atoms. The predicted molar refractivity (Wildman–Crippen MR) is 67.7 cm³/mol. The number of hydrogen-bond donors (Lipinski definition) is 2. The zero-order valence-corrected chi connectivity index (χ0v) is 11.1. The number of nitrogens with one attached hydrogen (secondary N) is 1. The van der Waals surface area contributed by atoms with E-state index in [1.807, 2.05) is 14.0 Å². The van der Waals surface area contributed by atoms with Crippen molar-refractivity contribution in [3.8, 4) is 0 Å². The van der Waals surface area contributed by atoms with Gasteiger partial charge in [0.1, 0.15) is 0 Å². The van der Waals surface area contributed by atoms with E-state index in [4.69, 9.17) is 10.5 Å². The third-order valence-electron chi connectivity index (χ3n) is 3.08. The van der Waals surface area contributed by atoms with Crippen molar-refractivity contribution in [2.24, 2.45) is 11.7 Å². The summed E-state index contributed by atoms with van der Waals surface area (Å²) in [5.74, 6) is 0.722. The van der Waals surface area contributed by atoms with Crippen LogP contribution in [0.1, 0.15) is 19.8 Å². The molecule has 0 spiro atoms. The minimum absolute atomic E-state index is 0.0562. The summed E-state index contributed by atoms with van der Waals surface area (Å²) in [6.07, 6.45) is 2.18. The third kappa shape index (κ3) is 5.48. The van der Waals surface area contributed by atoms with E-state index >= 15 is 0 Å². The molecule has 5 nitrogen and oxygen atoms in total. The van der Waals surface area contributed by atoms with E-state index in [-0.39, 0.29) is 11.9 Å². The highest BCUT2D eigenvalue weighted by atomic mass is 16.5. The van der Waals surface area contributed by atoms with Gasteiger partial charge in [-0.15, -0.1) is 0 Å². The molecular formula is C12H25N3O2. The largest absolute Gasteiger partial charge is 0.383 e. The molecule has 0 aromatic carbocycles. The van der Waals surface area contributed by atoms with Gasteiger partial charge in [0.05, 0.1) is 13.2 Å². The summed E-state index contributed by atoms with van der Waals surface area (Å²) in [6, 6.07) is 0.446. The van der Waals surface area contributed by atoms with Crippen molar-refractivity contribution in [2.45, 2.75) is 31.8 Å². The summed E-state index contributed by atoms with van der Waals surface area (Å²) in [5, 5.41) is 2.90. The zero-order valence-electron chi connectivity index (χ0n) is 11.1. The van der Waals surface area contributed by atoms with E-state index in [1.54, 1.807) is 7.11 Å². The summed E-state index contributed by atoms with van der Waals surface area (Å²) < 4.78 is 4.97. The number of likely N-dealkylation sites (N-methyl/N-ethyl adjacent to an activating group) is 1. The number of nitrogens with zero attached hydrogens (tertiary/aromatic N) is 1. The minimum atomic E-state index is 0.0562. The quantitative estimate of drug-likeness (QED) is 0.650. The van der Waals surface area contributed by atoms with E-state index in [0.717, 1.165) is 19.4 Å². The molecule has 0 aromatic rings. The predicted octanol–water partition coefficient (Wildman–Crippen LogP) is -0.193. The number of carbonyl (C=O) groups excluding carboxylic acids is 1. The molecule has 0 aliphatic heterocycles. The lowest BCUT2D eigenvalue weighted by atomic mass is 9.81. The van der Waals surface area contributed by atoms with Crippen molar-refractivity contribution in [2.75, 3.05) is 33.9 Å². The molecule has 0 aromatic heterocycles. The Morgan fingerprint density at radius 1 is 1.59 bits per heavy atom. The lowest BCUT2D eigenvalue weighted by Gasteiger charge is -2.35. The summed E-state index contributed by atoms with van der Waals surface area (Å²) in [7, 11) is 3.61. The summed E-state index contributed by atoms with van der Waals surface area (Å²) in [4.78, 5) is 13.7. The van der Waals surface area contributed by atoms with Gasteiger partial charge in [0.25, 0.3) is 0 Å². The van der Waals surface area contributed by atoms with Crippen LogP contribution < -0.4 is 11.1 Å². The Morgan fingerprint density at radius 3 is 2.76 bits per heavy atom. The van der Waals surface area contributed by atoms with Gasteiger partial charge < -0.3 is 15.8 Å². The Kier molecular flexibility index (Phi) is 5.88. The smallest absolute Gasteiger partial charge is 0.234 e. The molecular weight excluding hydrogens is 218 g/mol.